The fraction of sp³-hybridized carbons (Fsp3) is 0.143. The van der Waals surface area contributed by atoms with E-state index < -0.39 is 0 Å². The highest BCUT2D eigenvalue weighted by molar-refractivity contribution is 5.42. The molecule has 2 rings (SSSR count). The number of rotatable bonds is 4. The van der Waals surface area contributed by atoms with E-state index in [1.807, 2.05) is 31.2 Å². The van der Waals surface area contributed by atoms with Crippen molar-refractivity contribution in [1.82, 2.24) is 0 Å². The van der Waals surface area contributed by atoms with Crippen molar-refractivity contribution in [2.45, 2.75) is 6.92 Å². The highest BCUT2D eigenvalue weighted by Crippen LogP contribution is 2.20. The summed E-state index contributed by atoms with van der Waals surface area (Å²) in [4.78, 5) is 0. The minimum atomic E-state index is 0.663. The van der Waals surface area contributed by atoms with E-state index in [0.29, 0.717) is 12.3 Å². The SMILES string of the molecule is CCOc1ccc(N=Nc2[c]c[c]cc2)cc1. The number of ether oxygens (including phenoxy) is 1. The van der Waals surface area contributed by atoms with E-state index in [9.17, 15) is 0 Å². The highest BCUT2D eigenvalue weighted by atomic mass is 16.5. The topological polar surface area (TPSA) is 34.0 Å². The molecule has 0 saturated carbocycles. The van der Waals surface area contributed by atoms with Crippen LogP contribution < -0.4 is 4.74 Å². The predicted molar refractivity (Wildman–Crippen MR) is 65.9 cm³/mol. The van der Waals surface area contributed by atoms with Crippen molar-refractivity contribution in [2.75, 3.05) is 6.61 Å². The molecule has 2 radical (unpaired) electrons. The first kappa shape index (κ1) is 11.3. The maximum absolute atomic E-state index is 5.34. The summed E-state index contributed by atoms with van der Waals surface area (Å²) in [6, 6.07) is 18.6. The Morgan fingerprint density at radius 1 is 1.12 bits per heavy atom. The molecule has 0 aliphatic carbocycles. The summed E-state index contributed by atoms with van der Waals surface area (Å²) in [6.45, 7) is 2.62. The van der Waals surface area contributed by atoms with Gasteiger partial charge in [-0.15, -0.1) is 5.11 Å². The average molecular weight is 224 g/mol. The monoisotopic (exact) mass is 224 g/mol. The Hall–Kier alpha value is -2.16. The van der Waals surface area contributed by atoms with Gasteiger partial charge in [0.05, 0.1) is 18.0 Å². The minimum absolute atomic E-state index is 0.663. The lowest BCUT2D eigenvalue weighted by molar-refractivity contribution is 0.340. The predicted octanol–water partition coefficient (Wildman–Crippen LogP) is 4.10. The highest BCUT2D eigenvalue weighted by Gasteiger charge is 1.93. The van der Waals surface area contributed by atoms with Gasteiger partial charge in [0, 0.05) is 6.07 Å². The van der Waals surface area contributed by atoms with Gasteiger partial charge in [-0.2, -0.15) is 5.11 Å². The summed E-state index contributed by atoms with van der Waals surface area (Å²) >= 11 is 0. The second kappa shape index (κ2) is 5.80. The second-order valence-corrected chi connectivity index (χ2v) is 3.30. The molecule has 0 aliphatic rings. The van der Waals surface area contributed by atoms with Crippen LogP contribution in [0.15, 0.2) is 52.7 Å². The van der Waals surface area contributed by atoms with Gasteiger partial charge in [0.25, 0.3) is 0 Å². The lowest BCUT2D eigenvalue weighted by atomic mass is 10.3. The zero-order valence-electron chi connectivity index (χ0n) is 9.55. The van der Waals surface area contributed by atoms with Crippen LogP contribution in [0.2, 0.25) is 0 Å². The Bertz CT molecular complexity index is 477. The molecule has 3 heteroatoms. The van der Waals surface area contributed by atoms with Gasteiger partial charge in [-0.1, -0.05) is 6.07 Å². The summed E-state index contributed by atoms with van der Waals surface area (Å²) in [6.07, 6.45) is 0. The number of hydrogen-bond donors (Lipinski definition) is 0. The van der Waals surface area contributed by atoms with Gasteiger partial charge < -0.3 is 4.74 Å². The molecule has 2 aromatic carbocycles. The first-order valence-electron chi connectivity index (χ1n) is 5.41. The third-order valence-electron chi connectivity index (χ3n) is 2.06. The number of nitrogens with zero attached hydrogens (tertiary/aromatic N) is 2. The Morgan fingerprint density at radius 2 is 1.94 bits per heavy atom. The first-order chi connectivity index (χ1) is 8.38. The molecule has 3 nitrogen and oxygen atoms in total. The van der Waals surface area contributed by atoms with Gasteiger partial charge in [-0.3, -0.25) is 0 Å². The Kier molecular flexibility index (Phi) is 3.86. The van der Waals surface area contributed by atoms with Crippen molar-refractivity contribution >= 4 is 11.4 Å². The number of benzene rings is 2. The van der Waals surface area contributed by atoms with Crippen molar-refractivity contribution in [3.05, 3.63) is 54.6 Å². The summed E-state index contributed by atoms with van der Waals surface area (Å²) in [5, 5.41) is 8.16. The van der Waals surface area contributed by atoms with Crippen molar-refractivity contribution in [2.24, 2.45) is 10.2 Å². The number of azo groups is 1. The smallest absolute Gasteiger partial charge is 0.119 e. The van der Waals surface area contributed by atoms with Gasteiger partial charge in [0.1, 0.15) is 5.75 Å². The van der Waals surface area contributed by atoms with Crippen molar-refractivity contribution in [1.29, 1.82) is 0 Å². The van der Waals surface area contributed by atoms with Crippen molar-refractivity contribution in [3.63, 3.8) is 0 Å². The molecule has 84 valence electrons. The van der Waals surface area contributed by atoms with Crippen molar-refractivity contribution < 1.29 is 4.74 Å². The minimum Gasteiger partial charge on any atom is -0.494 e. The van der Waals surface area contributed by atoms with E-state index in [2.05, 4.69) is 22.4 Å². The fourth-order valence-corrected chi connectivity index (χ4v) is 1.29. The molecule has 0 heterocycles. The Morgan fingerprint density at radius 3 is 2.59 bits per heavy atom. The normalized spacial score (nSPS) is 10.6. The van der Waals surface area contributed by atoms with Crippen LogP contribution in [0.3, 0.4) is 0 Å². The van der Waals surface area contributed by atoms with Crippen LogP contribution in [0.25, 0.3) is 0 Å². The summed E-state index contributed by atoms with van der Waals surface area (Å²) in [5.74, 6) is 0.840. The van der Waals surface area contributed by atoms with E-state index in [1.165, 1.54) is 0 Å². The summed E-state index contributed by atoms with van der Waals surface area (Å²) in [7, 11) is 0. The third-order valence-corrected chi connectivity index (χ3v) is 2.06. The molecule has 0 N–H and O–H groups in total. The molecule has 0 bridgehead atoms. The zero-order chi connectivity index (χ0) is 11.9. The molecule has 0 saturated heterocycles. The van der Waals surface area contributed by atoms with Crippen molar-refractivity contribution in [3.8, 4) is 5.75 Å². The quantitative estimate of drug-likeness (QED) is 0.720. The lowest BCUT2D eigenvalue weighted by Crippen LogP contribution is -1.89. The maximum atomic E-state index is 5.34. The van der Waals surface area contributed by atoms with Gasteiger partial charge in [-0.25, -0.2) is 0 Å². The molecule has 0 spiro atoms. The van der Waals surface area contributed by atoms with E-state index in [1.54, 1.807) is 18.2 Å². The van der Waals surface area contributed by atoms with Crippen LogP contribution in [0, 0.1) is 12.1 Å². The first-order valence-corrected chi connectivity index (χ1v) is 5.41. The molecule has 17 heavy (non-hydrogen) atoms. The largest absolute Gasteiger partial charge is 0.494 e. The van der Waals surface area contributed by atoms with E-state index in [0.717, 1.165) is 11.4 Å². The molecular formula is C14H12N2O. The summed E-state index contributed by atoms with van der Waals surface area (Å²) < 4.78 is 5.34. The van der Waals surface area contributed by atoms with E-state index >= 15 is 0 Å². The van der Waals surface area contributed by atoms with Crippen LogP contribution in [0.4, 0.5) is 11.4 Å². The van der Waals surface area contributed by atoms with Crippen LogP contribution in [-0.2, 0) is 0 Å². The van der Waals surface area contributed by atoms with Crippen LogP contribution >= 0.6 is 0 Å². The standard InChI is InChI=1S/C14H12N2O/c1-2-17-14-10-8-13(9-11-14)16-15-12-6-4-3-5-7-12/h4-6,8-11H,2H2,1H3. The summed E-state index contributed by atoms with van der Waals surface area (Å²) in [5.41, 5.74) is 1.48. The molecule has 2 aromatic rings. The van der Waals surface area contributed by atoms with Gasteiger partial charge >= 0.3 is 0 Å². The van der Waals surface area contributed by atoms with Gasteiger partial charge in [-0.05, 0) is 49.4 Å². The van der Waals surface area contributed by atoms with Crippen LogP contribution in [0.1, 0.15) is 6.92 Å². The molecule has 0 aromatic heterocycles. The molecule has 0 fully saturated rings. The number of hydrogen-bond acceptors (Lipinski definition) is 3. The average Bonchev–Trinajstić information content (AvgIpc) is 2.40. The molecular weight excluding hydrogens is 212 g/mol. The Balaban J connectivity index is 2.06. The van der Waals surface area contributed by atoms with E-state index in [4.69, 9.17) is 4.74 Å². The van der Waals surface area contributed by atoms with E-state index in [-0.39, 0.29) is 0 Å². The fourth-order valence-electron chi connectivity index (χ4n) is 1.29. The van der Waals surface area contributed by atoms with Crippen LogP contribution in [0.5, 0.6) is 5.75 Å². The van der Waals surface area contributed by atoms with Gasteiger partial charge in [0.2, 0.25) is 0 Å². The molecule has 0 aliphatic heterocycles. The maximum Gasteiger partial charge on any atom is 0.119 e. The Labute approximate surface area is 101 Å². The third kappa shape index (κ3) is 3.41. The van der Waals surface area contributed by atoms with Crippen LogP contribution in [-0.4, -0.2) is 6.61 Å². The zero-order valence-corrected chi connectivity index (χ0v) is 9.55. The lowest BCUT2D eigenvalue weighted by Gasteiger charge is -2.01. The molecule has 0 unspecified atom stereocenters. The molecule has 0 atom stereocenters. The van der Waals surface area contributed by atoms with Gasteiger partial charge in [0.15, 0.2) is 0 Å². The second-order valence-electron chi connectivity index (χ2n) is 3.30. The molecule has 0 amide bonds.